The Labute approximate surface area is 210 Å². The van der Waals surface area contributed by atoms with Crippen LogP contribution in [-0.2, 0) is 14.2 Å². The van der Waals surface area contributed by atoms with Gasteiger partial charge in [-0.25, -0.2) is 9.59 Å². The van der Waals surface area contributed by atoms with Gasteiger partial charge in [-0.15, -0.1) is 0 Å². The lowest BCUT2D eigenvalue weighted by Gasteiger charge is -2.28. The van der Waals surface area contributed by atoms with Gasteiger partial charge in [0.15, 0.2) is 0 Å². The molecule has 2 aromatic carbocycles. The Morgan fingerprint density at radius 3 is 1.89 bits per heavy atom. The maximum absolute atomic E-state index is 11.6. The lowest BCUT2D eigenvalue weighted by molar-refractivity contribution is 0.0558. The molecule has 9 heteroatoms. The molecule has 1 aliphatic rings. The fourth-order valence-corrected chi connectivity index (χ4v) is 4.36. The first-order valence-corrected chi connectivity index (χ1v) is 11.8. The van der Waals surface area contributed by atoms with Gasteiger partial charge < -0.3 is 27.9 Å². The highest BCUT2D eigenvalue weighted by Crippen LogP contribution is 2.30. The third-order valence-corrected chi connectivity index (χ3v) is 6.43. The summed E-state index contributed by atoms with van der Waals surface area (Å²) in [6, 6.07) is 11.6. The average molecular weight is 544 g/mol. The zero-order valence-corrected chi connectivity index (χ0v) is 21.6. The van der Waals surface area contributed by atoms with Crippen molar-refractivity contribution >= 4 is 55.5 Å². The molecular formula is C26H26BrNO7. The summed E-state index contributed by atoms with van der Waals surface area (Å²) in [5.74, 6) is -0.335. The Morgan fingerprint density at radius 1 is 0.829 bits per heavy atom. The summed E-state index contributed by atoms with van der Waals surface area (Å²) in [6.07, 6.45) is 0. The number of furan rings is 2. The van der Waals surface area contributed by atoms with Gasteiger partial charge in [0.25, 0.3) is 0 Å². The fraction of sp³-hybridized carbons (Fsp3) is 0.308. The molecule has 184 valence electrons. The van der Waals surface area contributed by atoms with Gasteiger partial charge in [-0.1, -0.05) is 15.9 Å². The maximum Gasteiger partial charge on any atom is 0.374 e. The van der Waals surface area contributed by atoms with Gasteiger partial charge in [-0.05, 0) is 50.2 Å². The molecule has 0 N–H and O–H groups in total. The van der Waals surface area contributed by atoms with Gasteiger partial charge in [-0.3, -0.25) is 0 Å². The third kappa shape index (κ3) is 5.06. The number of anilines is 1. The van der Waals surface area contributed by atoms with Crippen LogP contribution >= 0.6 is 15.9 Å². The number of aryl methyl sites for hydroxylation is 2. The number of benzene rings is 2. The van der Waals surface area contributed by atoms with Crippen molar-refractivity contribution in [3.8, 4) is 0 Å². The summed E-state index contributed by atoms with van der Waals surface area (Å²) >= 11 is 3.37. The number of methoxy groups -OCH3 is 2. The first-order chi connectivity index (χ1) is 16.8. The summed E-state index contributed by atoms with van der Waals surface area (Å²) in [7, 11) is 2.69. The van der Waals surface area contributed by atoms with Crippen molar-refractivity contribution in [2.45, 2.75) is 13.8 Å². The number of carbonyl (C=O) groups is 2. The fourth-order valence-electron chi connectivity index (χ4n) is 4.00. The molecule has 5 rings (SSSR count). The molecule has 0 aliphatic carbocycles. The van der Waals surface area contributed by atoms with Crippen LogP contribution in [-0.4, -0.2) is 52.5 Å². The minimum Gasteiger partial charge on any atom is -0.463 e. The van der Waals surface area contributed by atoms with Crippen LogP contribution < -0.4 is 4.90 Å². The van der Waals surface area contributed by atoms with Gasteiger partial charge in [0.05, 0.1) is 27.4 Å². The van der Waals surface area contributed by atoms with E-state index in [1.54, 1.807) is 0 Å². The molecule has 0 amide bonds. The van der Waals surface area contributed by atoms with E-state index in [2.05, 4.69) is 31.6 Å². The molecular weight excluding hydrogens is 518 g/mol. The monoisotopic (exact) mass is 543 g/mol. The van der Waals surface area contributed by atoms with Crippen LogP contribution in [0.4, 0.5) is 5.69 Å². The molecule has 35 heavy (non-hydrogen) atoms. The van der Waals surface area contributed by atoms with E-state index in [0.717, 1.165) is 58.4 Å². The van der Waals surface area contributed by atoms with Crippen LogP contribution in [0.2, 0.25) is 0 Å². The van der Waals surface area contributed by atoms with Gasteiger partial charge in [-0.2, -0.15) is 0 Å². The van der Waals surface area contributed by atoms with Crippen molar-refractivity contribution < 1.29 is 32.6 Å². The quantitative estimate of drug-likeness (QED) is 0.306. The predicted octanol–water partition coefficient (Wildman–Crippen LogP) is 5.65. The van der Waals surface area contributed by atoms with E-state index in [4.69, 9.17) is 18.3 Å². The number of rotatable bonds is 3. The Kier molecular flexibility index (Phi) is 7.47. The van der Waals surface area contributed by atoms with E-state index in [0.29, 0.717) is 11.2 Å². The van der Waals surface area contributed by atoms with Crippen LogP contribution in [0.15, 0.2) is 49.7 Å². The van der Waals surface area contributed by atoms with E-state index in [9.17, 15) is 9.59 Å². The molecule has 8 nitrogen and oxygen atoms in total. The van der Waals surface area contributed by atoms with Gasteiger partial charge in [0.2, 0.25) is 11.5 Å². The van der Waals surface area contributed by atoms with Gasteiger partial charge >= 0.3 is 11.9 Å². The lowest BCUT2D eigenvalue weighted by Crippen LogP contribution is -2.36. The first-order valence-electron chi connectivity index (χ1n) is 11.0. The first kappa shape index (κ1) is 24.8. The molecule has 0 unspecified atom stereocenters. The zero-order valence-electron chi connectivity index (χ0n) is 20.0. The standard InChI is InChI=1S/C15H17NO4.C11H9BrO3/c1-10-12-9-11(16-5-7-19-8-6-16)3-4-13(12)20-14(10)15(17)18-2;1-6-8-5-7(12)3-4-9(8)15-10(6)11(13)14-2/h3-4,9H,5-8H2,1-2H3;3-5H,1-2H3. The van der Waals surface area contributed by atoms with E-state index >= 15 is 0 Å². The average Bonchev–Trinajstić information content (AvgIpc) is 3.40. The number of esters is 2. The number of hydrogen-bond acceptors (Lipinski definition) is 8. The second-order valence-corrected chi connectivity index (χ2v) is 8.93. The molecule has 1 aliphatic heterocycles. The van der Waals surface area contributed by atoms with Crippen LogP contribution in [0.1, 0.15) is 32.2 Å². The predicted molar refractivity (Wildman–Crippen MR) is 135 cm³/mol. The highest BCUT2D eigenvalue weighted by atomic mass is 79.9. The minimum absolute atomic E-state index is 0.269. The van der Waals surface area contributed by atoms with Crippen molar-refractivity contribution in [3.63, 3.8) is 0 Å². The molecule has 0 saturated carbocycles. The largest absolute Gasteiger partial charge is 0.463 e. The molecule has 1 fully saturated rings. The molecule has 0 radical (unpaired) electrons. The topological polar surface area (TPSA) is 91.4 Å². The second-order valence-electron chi connectivity index (χ2n) is 8.02. The lowest BCUT2D eigenvalue weighted by atomic mass is 10.1. The van der Waals surface area contributed by atoms with E-state index in [1.165, 1.54) is 14.2 Å². The Bertz CT molecular complexity index is 1380. The number of fused-ring (bicyclic) bond motifs is 2. The smallest absolute Gasteiger partial charge is 0.374 e. The Balaban J connectivity index is 0.000000172. The van der Waals surface area contributed by atoms with Crippen molar-refractivity contribution in [2.75, 3.05) is 45.4 Å². The van der Waals surface area contributed by atoms with E-state index < -0.39 is 11.9 Å². The van der Waals surface area contributed by atoms with Crippen LogP contribution in [0, 0.1) is 13.8 Å². The third-order valence-electron chi connectivity index (χ3n) is 5.94. The number of halogens is 1. The van der Waals surface area contributed by atoms with Crippen LogP contribution in [0.25, 0.3) is 21.9 Å². The Morgan fingerprint density at radius 2 is 1.34 bits per heavy atom. The normalized spacial score (nSPS) is 13.5. The number of morpholine rings is 1. The SMILES string of the molecule is COC(=O)c1oc2ccc(Br)cc2c1C.COC(=O)c1oc2ccc(N3CCOCC3)cc2c1C. The van der Waals surface area contributed by atoms with Crippen molar-refractivity contribution in [2.24, 2.45) is 0 Å². The molecule has 1 saturated heterocycles. The van der Waals surface area contributed by atoms with Gasteiger partial charge in [0.1, 0.15) is 11.2 Å². The molecule has 4 aromatic rings. The number of nitrogens with zero attached hydrogens (tertiary/aromatic N) is 1. The summed E-state index contributed by atoms with van der Waals surface area (Å²) < 4.78 is 26.7. The molecule has 2 aromatic heterocycles. The van der Waals surface area contributed by atoms with E-state index in [-0.39, 0.29) is 11.5 Å². The maximum atomic E-state index is 11.6. The summed E-state index contributed by atoms with van der Waals surface area (Å²) in [4.78, 5) is 25.3. The highest BCUT2D eigenvalue weighted by molar-refractivity contribution is 9.10. The summed E-state index contributed by atoms with van der Waals surface area (Å²) in [6.45, 7) is 6.97. The van der Waals surface area contributed by atoms with Crippen molar-refractivity contribution in [1.82, 2.24) is 0 Å². The van der Waals surface area contributed by atoms with E-state index in [1.807, 2.05) is 44.2 Å². The molecule has 0 spiro atoms. The number of hydrogen-bond donors (Lipinski definition) is 0. The van der Waals surface area contributed by atoms with Crippen molar-refractivity contribution in [1.29, 1.82) is 0 Å². The minimum atomic E-state index is -0.445. The summed E-state index contributed by atoms with van der Waals surface area (Å²) in [5, 5.41) is 1.87. The Hall–Kier alpha value is -3.30. The second kappa shape index (κ2) is 10.5. The summed E-state index contributed by atoms with van der Waals surface area (Å²) in [5.41, 5.74) is 4.15. The number of ether oxygens (including phenoxy) is 3. The molecule has 0 atom stereocenters. The van der Waals surface area contributed by atoms with Crippen LogP contribution in [0.3, 0.4) is 0 Å². The zero-order chi connectivity index (χ0) is 25.1. The van der Waals surface area contributed by atoms with Crippen molar-refractivity contribution in [3.05, 3.63) is 63.5 Å². The number of carbonyl (C=O) groups excluding carboxylic acids is 2. The highest BCUT2D eigenvalue weighted by Gasteiger charge is 2.20. The van der Waals surface area contributed by atoms with Gasteiger partial charge in [0, 0.05) is 45.1 Å². The molecule has 0 bridgehead atoms. The van der Waals surface area contributed by atoms with Crippen LogP contribution in [0.5, 0.6) is 0 Å². The molecule has 3 heterocycles.